The Morgan fingerprint density at radius 1 is 1.04 bits per heavy atom. The Hall–Kier alpha value is -1.46. The van der Waals surface area contributed by atoms with Gasteiger partial charge in [0.25, 0.3) is 5.91 Å². The maximum Gasteiger partial charge on any atom is 0.260 e. The molecule has 0 fully saturated rings. The number of anilines is 1. The predicted octanol–water partition coefficient (Wildman–Crippen LogP) is 4.39. The second-order valence-corrected chi connectivity index (χ2v) is 6.39. The van der Waals surface area contributed by atoms with E-state index in [1.54, 1.807) is 12.1 Å². The van der Waals surface area contributed by atoms with Gasteiger partial charge in [-0.3, -0.25) is 20.5 Å². The summed E-state index contributed by atoms with van der Waals surface area (Å²) in [6, 6.07) is 12.1. The number of likely N-dealkylation sites (N-methyl/N-ethyl adjacent to an activating group) is 1. The first-order chi connectivity index (χ1) is 10.9. The number of rotatable bonds is 5. The first-order valence-corrected chi connectivity index (χ1v) is 7.95. The summed E-state index contributed by atoms with van der Waals surface area (Å²) in [5.74, 6) is -0.233. The second kappa shape index (κ2) is 7.88. The van der Waals surface area contributed by atoms with Crippen molar-refractivity contribution in [1.29, 1.82) is 0 Å². The average molecular weight is 373 g/mol. The highest BCUT2D eigenvalue weighted by molar-refractivity contribution is 6.41. The van der Waals surface area contributed by atoms with Crippen LogP contribution in [0.2, 0.25) is 15.1 Å². The molecule has 7 heteroatoms. The van der Waals surface area contributed by atoms with Crippen molar-refractivity contribution in [3.05, 3.63) is 63.1 Å². The van der Waals surface area contributed by atoms with Crippen LogP contribution in [0.1, 0.15) is 11.6 Å². The van der Waals surface area contributed by atoms with E-state index in [2.05, 4.69) is 10.9 Å². The lowest BCUT2D eigenvalue weighted by molar-refractivity contribution is -0.125. The van der Waals surface area contributed by atoms with Gasteiger partial charge in [-0.15, -0.1) is 0 Å². The fourth-order valence-corrected chi connectivity index (χ4v) is 3.08. The molecule has 2 N–H and O–H groups in total. The zero-order chi connectivity index (χ0) is 17.0. The third-order valence-electron chi connectivity index (χ3n) is 3.20. The van der Waals surface area contributed by atoms with E-state index in [4.69, 9.17) is 34.8 Å². The van der Waals surface area contributed by atoms with Gasteiger partial charge in [0.05, 0.1) is 15.7 Å². The standard InChI is InChI=1S/C16H16Cl3N3O/c1-22(2)15(10-6-4-3-5-7-10)16(23)21-20-14-12(18)8-11(17)9-13(14)19/h3-9,15,20H,1-2H3,(H,21,23)/t15-/m1/s1. The lowest BCUT2D eigenvalue weighted by Gasteiger charge is -2.24. The third kappa shape index (κ3) is 4.52. The molecule has 4 nitrogen and oxygen atoms in total. The third-order valence-corrected chi connectivity index (χ3v) is 4.01. The molecule has 2 rings (SSSR count). The van der Waals surface area contributed by atoms with Crippen molar-refractivity contribution in [3.8, 4) is 0 Å². The van der Waals surface area contributed by atoms with Gasteiger partial charge in [-0.05, 0) is 31.8 Å². The fraction of sp³-hybridized carbons (Fsp3) is 0.188. The fourth-order valence-electron chi connectivity index (χ4n) is 2.17. The Balaban J connectivity index is 2.15. The van der Waals surface area contributed by atoms with Gasteiger partial charge >= 0.3 is 0 Å². The van der Waals surface area contributed by atoms with Crippen molar-refractivity contribution in [2.75, 3.05) is 19.5 Å². The van der Waals surface area contributed by atoms with Crippen LogP contribution < -0.4 is 10.9 Å². The molecule has 122 valence electrons. The topological polar surface area (TPSA) is 44.4 Å². The van der Waals surface area contributed by atoms with Crippen molar-refractivity contribution < 1.29 is 4.79 Å². The molecule has 2 aromatic rings. The summed E-state index contributed by atoms with van der Waals surface area (Å²) in [5.41, 5.74) is 6.68. The summed E-state index contributed by atoms with van der Waals surface area (Å²) in [4.78, 5) is 14.3. The van der Waals surface area contributed by atoms with Gasteiger partial charge in [-0.2, -0.15) is 0 Å². The van der Waals surface area contributed by atoms with Gasteiger partial charge in [0.1, 0.15) is 6.04 Å². The van der Waals surface area contributed by atoms with Crippen LogP contribution in [0, 0.1) is 0 Å². The molecule has 0 aliphatic carbocycles. The Morgan fingerprint density at radius 3 is 2.13 bits per heavy atom. The van der Waals surface area contributed by atoms with E-state index >= 15 is 0 Å². The SMILES string of the molecule is CN(C)[C@@H](C(=O)NNc1c(Cl)cc(Cl)cc1Cl)c1ccccc1. The highest BCUT2D eigenvalue weighted by Gasteiger charge is 2.23. The summed E-state index contributed by atoms with van der Waals surface area (Å²) in [6.45, 7) is 0. The van der Waals surface area contributed by atoms with Crippen LogP contribution in [0.15, 0.2) is 42.5 Å². The minimum absolute atomic E-state index is 0.233. The first kappa shape index (κ1) is 17.9. The van der Waals surface area contributed by atoms with Gasteiger partial charge < -0.3 is 0 Å². The number of hydrogen-bond acceptors (Lipinski definition) is 3. The monoisotopic (exact) mass is 371 g/mol. The van der Waals surface area contributed by atoms with Crippen molar-refractivity contribution in [3.63, 3.8) is 0 Å². The Bertz CT molecular complexity index is 669. The van der Waals surface area contributed by atoms with E-state index in [0.29, 0.717) is 20.8 Å². The number of halogens is 3. The normalized spacial score (nSPS) is 12.1. The van der Waals surface area contributed by atoms with Crippen LogP contribution in [0.4, 0.5) is 5.69 Å². The van der Waals surface area contributed by atoms with E-state index < -0.39 is 6.04 Å². The lowest BCUT2D eigenvalue weighted by atomic mass is 10.1. The summed E-state index contributed by atoms with van der Waals surface area (Å²) < 4.78 is 0. The van der Waals surface area contributed by atoms with Crippen LogP contribution in [0.5, 0.6) is 0 Å². The number of hydrogen-bond donors (Lipinski definition) is 2. The maximum absolute atomic E-state index is 12.5. The molecule has 0 radical (unpaired) electrons. The molecular formula is C16H16Cl3N3O. The molecule has 0 bridgehead atoms. The van der Waals surface area contributed by atoms with Crippen molar-refractivity contribution in [1.82, 2.24) is 10.3 Å². The molecule has 1 atom stereocenters. The molecule has 0 spiro atoms. The van der Waals surface area contributed by atoms with Gasteiger partial charge in [0.15, 0.2) is 0 Å². The Labute approximate surface area is 150 Å². The minimum atomic E-state index is -0.450. The van der Waals surface area contributed by atoms with Crippen LogP contribution >= 0.6 is 34.8 Å². The number of carbonyl (C=O) groups excluding carboxylic acids is 1. The number of hydrazine groups is 1. The number of nitrogens with zero attached hydrogens (tertiary/aromatic N) is 1. The van der Waals surface area contributed by atoms with Crippen LogP contribution in [-0.4, -0.2) is 24.9 Å². The summed E-state index contributed by atoms with van der Waals surface area (Å²) >= 11 is 18.0. The smallest absolute Gasteiger partial charge is 0.260 e. The number of nitrogens with one attached hydrogen (secondary N) is 2. The van der Waals surface area contributed by atoms with Crippen LogP contribution in [0.3, 0.4) is 0 Å². The predicted molar refractivity (Wildman–Crippen MR) is 96.1 cm³/mol. The van der Waals surface area contributed by atoms with E-state index in [9.17, 15) is 4.79 Å². The Morgan fingerprint density at radius 2 is 1.61 bits per heavy atom. The highest BCUT2D eigenvalue weighted by atomic mass is 35.5. The van der Waals surface area contributed by atoms with Crippen molar-refractivity contribution in [2.45, 2.75) is 6.04 Å². The van der Waals surface area contributed by atoms with Crippen molar-refractivity contribution in [2.24, 2.45) is 0 Å². The summed E-state index contributed by atoms with van der Waals surface area (Å²) in [7, 11) is 3.67. The summed E-state index contributed by atoms with van der Waals surface area (Å²) in [5, 5.41) is 1.07. The van der Waals surface area contributed by atoms with E-state index in [1.165, 1.54) is 0 Å². The molecule has 0 aromatic heterocycles. The van der Waals surface area contributed by atoms with E-state index in [0.717, 1.165) is 5.56 Å². The van der Waals surface area contributed by atoms with Crippen molar-refractivity contribution >= 4 is 46.4 Å². The van der Waals surface area contributed by atoms with Gasteiger partial charge in [0, 0.05) is 5.02 Å². The molecule has 0 unspecified atom stereocenters. The quantitative estimate of drug-likeness (QED) is 0.765. The zero-order valence-corrected chi connectivity index (χ0v) is 14.9. The number of amides is 1. The molecule has 23 heavy (non-hydrogen) atoms. The van der Waals surface area contributed by atoms with Crippen LogP contribution in [0.25, 0.3) is 0 Å². The second-order valence-electron chi connectivity index (χ2n) is 5.14. The molecule has 0 aliphatic rings. The zero-order valence-electron chi connectivity index (χ0n) is 12.6. The first-order valence-electron chi connectivity index (χ1n) is 6.82. The molecule has 1 amide bonds. The molecule has 0 saturated carbocycles. The van der Waals surface area contributed by atoms with Gasteiger partial charge in [-0.25, -0.2) is 0 Å². The number of benzene rings is 2. The highest BCUT2D eigenvalue weighted by Crippen LogP contribution is 2.33. The molecule has 0 saturated heterocycles. The number of carbonyl (C=O) groups is 1. The van der Waals surface area contributed by atoms with Gasteiger partial charge in [0.2, 0.25) is 0 Å². The molecular weight excluding hydrogens is 357 g/mol. The largest absolute Gasteiger partial charge is 0.296 e. The van der Waals surface area contributed by atoms with Crippen LogP contribution in [-0.2, 0) is 4.79 Å². The minimum Gasteiger partial charge on any atom is -0.296 e. The van der Waals surface area contributed by atoms with E-state index in [1.807, 2.05) is 49.3 Å². The molecule has 2 aromatic carbocycles. The van der Waals surface area contributed by atoms with Gasteiger partial charge in [-0.1, -0.05) is 65.1 Å². The molecule has 0 aliphatic heterocycles. The average Bonchev–Trinajstić information content (AvgIpc) is 2.47. The molecule has 0 heterocycles. The summed E-state index contributed by atoms with van der Waals surface area (Å²) in [6.07, 6.45) is 0. The lowest BCUT2D eigenvalue weighted by Crippen LogP contribution is -2.40. The van der Waals surface area contributed by atoms with E-state index in [-0.39, 0.29) is 5.91 Å². The maximum atomic E-state index is 12.5. The Kier molecular flexibility index (Phi) is 6.13.